The van der Waals surface area contributed by atoms with Gasteiger partial charge < -0.3 is 10.1 Å². The van der Waals surface area contributed by atoms with E-state index in [4.69, 9.17) is 4.74 Å². The molecule has 5 atom stereocenters. The Morgan fingerprint density at radius 2 is 1.76 bits per heavy atom. The van der Waals surface area contributed by atoms with Gasteiger partial charge in [0, 0.05) is 18.6 Å². The molecule has 3 aliphatic rings. The molecule has 34 heavy (non-hydrogen) atoms. The smallest absolute Gasteiger partial charge is 0.271 e. The minimum absolute atomic E-state index is 0.0220. The second-order valence-corrected chi connectivity index (χ2v) is 8.88. The van der Waals surface area contributed by atoms with Gasteiger partial charge in [0.05, 0.1) is 29.6 Å². The van der Waals surface area contributed by atoms with Gasteiger partial charge in [-0.3, -0.25) is 29.4 Å². The Balaban J connectivity index is 1.48. The molecule has 0 unspecified atom stereocenters. The lowest BCUT2D eigenvalue weighted by Crippen LogP contribution is -2.49. The standard InChI is InChI=1S/C25H23N3O6/c1-34-20-10-9-17(28(32)33)13-18(20)26-23(29)19(11-14-5-3-2-4-6-14)27-24(30)21-15-7-8-16(12-15)22(21)25(27)31/h2-10,13,15-16,19,21-22H,11-12H2,1H3,(H,26,29)/t15-,16-,19-,21-,22-/m0/s1. The van der Waals surface area contributed by atoms with Crippen molar-refractivity contribution in [2.45, 2.75) is 18.9 Å². The molecule has 9 heteroatoms. The number of anilines is 1. The Kier molecular flexibility index (Phi) is 5.39. The first-order chi connectivity index (χ1) is 16.4. The highest BCUT2D eigenvalue weighted by Crippen LogP contribution is 2.53. The summed E-state index contributed by atoms with van der Waals surface area (Å²) >= 11 is 0. The van der Waals surface area contributed by atoms with Crippen molar-refractivity contribution < 1.29 is 24.0 Å². The molecule has 0 spiro atoms. The van der Waals surface area contributed by atoms with Gasteiger partial charge in [-0.1, -0.05) is 42.5 Å². The third kappa shape index (κ3) is 3.53. The van der Waals surface area contributed by atoms with Crippen LogP contribution in [0.5, 0.6) is 5.75 Å². The van der Waals surface area contributed by atoms with Crippen LogP contribution in [-0.4, -0.2) is 40.7 Å². The largest absolute Gasteiger partial charge is 0.495 e. The number of nitro groups is 1. The van der Waals surface area contributed by atoms with E-state index in [2.05, 4.69) is 5.32 Å². The lowest BCUT2D eigenvalue weighted by Gasteiger charge is -2.27. The van der Waals surface area contributed by atoms with Crippen LogP contribution in [0.4, 0.5) is 11.4 Å². The predicted octanol–water partition coefficient (Wildman–Crippen LogP) is 2.96. The van der Waals surface area contributed by atoms with Crippen molar-refractivity contribution in [3.05, 3.63) is 76.4 Å². The molecule has 1 heterocycles. The normalized spacial score (nSPS) is 25.4. The van der Waals surface area contributed by atoms with Gasteiger partial charge in [0.25, 0.3) is 5.69 Å². The van der Waals surface area contributed by atoms with E-state index in [1.54, 1.807) is 0 Å². The summed E-state index contributed by atoms with van der Waals surface area (Å²) in [5.41, 5.74) is 0.661. The fraction of sp³-hybridized carbons (Fsp3) is 0.320. The van der Waals surface area contributed by atoms with E-state index in [9.17, 15) is 24.5 Å². The van der Waals surface area contributed by atoms with Crippen molar-refractivity contribution in [2.24, 2.45) is 23.7 Å². The van der Waals surface area contributed by atoms with Gasteiger partial charge in [-0.25, -0.2) is 0 Å². The number of non-ortho nitro benzene ring substituents is 1. The lowest BCUT2D eigenvalue weighted by molar-refractivity contribution is -0.384. The van der Waals surface area contributed by atoms with E-state index in [0.29, 0.717) is 0 Å². The molecule has 2 aromatic carbocycles. The van der Waals surface area contributed by atoms with Crippen molar-refractivity contribution >= 4 is 29.1 Å². The highest BCUT2D eigenvalue weighted by molar-refractivity contribution is 6.11. The number of ether oxygens (including phenoxy) is 1. The zero-order valence-corrected chi connectivity index (χ0v) is 18.4. The van der Waals surface area contributed by atoms with Crippen molar-refractivity contribution in [1.82, 2.24) is 4.90 Å². The lowest BCUT2D eigenvalue weighted by atomic mass is 9.85. The number of allylic oxidation sites excluding steroid dienone is 2. The number of carbonyl (C=O) groups excluding carboxylic acids is 3. The number of nitrogens with zero attached hydrogens (tertiary/aromatic N) is 2. The van der Waals surface area contributed by atoms with E-state index in [1.807, 2.05) is 42.5 Å². The monoisotopic (exact) mass is 461 g/mol. The zero-order valence-electron chi connectivity index (χ0n) is 18.4. The fourth-order valence-electron chi connectivity index (χ4n) is 5.49. The highest BCUT2D eigenvalue weighted by Gasteiger charge is 2.61. The van der Waals surface area contributed by atoms with Gasteiger partial charge in [0.15, 0.2) is 0 Å². The van der Waals surface area contributed by atoms with E-state index in [-0.39, 0.29) is 47.2 Å². The summed E-state index contributed by atoms with van der Waals surface area (Å²) in [5.74, 6) is -1.84. The topological polar surface area (TPSA) is 119 Å². The maximum atomic E-state index is 13.5. The van der Waals surface area contributed by atoms with Crippen LogP contribution in [0.15, 0.2) is 60.7 Å². The molecule has 2 aromatic rings. The Morgan fingerprint density at radius 3 is 2.35 bits per heavy atom. The SMILES string of the molecule is COc1ccc([N+](=O)[O-])cc1NC(=O)[C@H](Cc1ccccc1)N1C(=O)[C@@H]2[C@@H](C1=O)[C@H]1C=C[C@H]2C1. The van der Waals surface area contributed by atoms with Crippen LogP contribution in [0.3, 0.4) is 0 Å². The van der Waals surface area contributed by atoms with E-state index in [1.165, 1.54) is 25.3 Å². The number of hydrogen-bond acceptors (Lipinski definition) is 6. The number of nitrogens with one attached hydrogen (secondary N) is 1. The van der Waals surface area contributed by atoms with Gasteiger partial charge in [-0.05, 0) is 29.9 Å². The number of methoxy groups -OCH3 is 1. The summed E-state index contributed by atoms with van der Waals surface area (Å²) in [7, 11) is 1.38. The van der Waals surface area contributed by atoms with Crippen LogP contribution in [0.25, 0.3) is 0 Å². The Morgan fingerprint density at radius 1 is 1.12 bits per heavy atom. The molecule has 1 aliphatic heterocycles. The van der Waals surface area contributed by atoms with Gasteiger partial charge in [-0.15, -0.1) is 0 Å². The van der Waals surface area contributed by atoms with E-state index >= 15 is 0 Å². The molecule has 3 amide bonds. The number of likely N-dealkylation sites (tertiary alicyclic amines) is 1. The third-order valence-electron chi connectivity index (χ3n) is 7.04. The summed E-state index contributed by atoms with van der Waals surface area (Å²) in [6.45, 7) is 0. The summed E-state index contributed by atoms with van der Waals surface area (Å²) in [6.07, 6.45) is 4.92. The van der Waals surface area contributed by atoms with Gasteiger partial charge in [0.2, 0.25) is 17.7 Å². The van der Waals surface area contributed by atoms with Gasteiger partial charge in [0.1, 0.15) is 11.8 Å². The van der Waals surface area contributed by atoms with Crippen LogP contribution in [-0.2, 0) is 20.8 Å². The van der Waals surface area contributed by atoms with Gasteiger partial charge >= 0.3 is 0 Å². The average Bonchev–Trinajstić information content (AvgIpc) is 3.52. The molecular weight excluding hydrogens is 438 g/mol. The molecule has 5 rings (SSSR count). The molecule has 0 radical (unpaired) electrons. The number of fused-ring (bicyclic) bond motifs is 5. The summed E-state index contributed by atoms with van der Waals surface area (Å²) in [6, 6.07) is 11.9. The summed E-state index contributed by atoms with van der Waals surface area (Å²) in [4.78, 5) is 52.2. The fourth-order valence-corrected chi connectivity index (χ4v) is 5.49. The number of benzene rings is 2. The highest BCUT2D eigenvalue weighted by atomic mass is 16.6. The van der Waals surface area contributed by atoms with Gasteiger partial charge in [-0.2, -0.15) is 0 Å². The van der Waals surface area contributed by atoms with E-state index in [0.717, 1.165) is 16.9 Å². The summed E-state index contributed by atoms with van der Waals surface area (Å²) < 4.78 is 5.25. The molecule has 174 valence electrons. The zero-order chi connectivity index (χ0) is 24.0. The van der Waals surface area contributed by atoms with Crippen molar-refractivity contribution in [2.75, 3.05) is 12.4 Å². The Bertz CT molecular complexity index is 1180. The average molecular weight is 461 g/mol. The number of hydrogen-bond donors (Lipinski definition) is 1. The molecule has 2 bridgehead atoms. The minimum atomic E-state index is -1.10. The maximum absolute atomic E-state index is 13.5. The number of nitro benzene ring substituents is 1. The molecular formula is C25H23N3O6. The van der Waals surface area contributed by atoms with Crippen molar-refractivity contribution in [3.63, 3.8) is 0 Å². The van der Waals surface area contributed by atoms with Crippen molar-refractivity contribution in [1.29, 1.82) is 0 Å². The van der Waals surface area contributed by atoms with Crippen LogP contribution in [0.2, 0.25) is 0 Å². The van der Waals surface area contributed by atoms with Crippen molar-refractivity contribution in [3.8, 4) is 5.75 Å². The van der Waals surface area contributed by atoms with Crippen LogP contribution < -0.4 is 10.1 Å². The van der Waals surface area contributed by atoms with Crippen LogP contribution >= 0.6 is 0 Å². The molecule has 1 N–H and O–H groups in total. The molecule has 1 saturated carbocycles. The first-order valence-corrected chi connectivity index (χ1v) is 11.1. The van der Waals surface area contributed by atoms with Crippen LogP contribution in [0.1, 0.15) is 12.0 Å². The first-order valence-electron chi connectivity index (χ1n) is 11.1. The molecule has 9 nitrogen and oxygen atoms in total. The maximum Gasteiger partial charge on any atom is 0.271 e. The predicted molar refractivity (Wildman–Crippen MR) is 122 cm³/mol. The number of carbonyl (C=O) groups is 3. The minimum Gasteiger partial charge on any atom is -0.495 e. The molecule has 0 aromatic heterocycles. The van der Waals surface area contributed by atoms with Crippen LogP contribution in [0, 0.1) is 33.8 Å². The molecule has 2 fully saturated rings. The Labute approximate surface area is 195 Å². The quantitative estimate of drug-likeness (QED) is 0.293. The number of amides is 3. The second kappa shape index (κ2) is 8.40. The molecule has 1 saturated heterocycles. The number of imide groups is 1. The van der Waals surface area contributed by atoms with E-state index < -0.39 is 28.7 Å². The second-order valence-electron chi connectivity index (χ2n) is 8.88. The first kappa shape index (κ1) is 21.8. The molecule has 2 aliphatic carbocycles. The third-order valence-corrected chi connectivity index (χ3v) is 7.04. The summed E-state index contributed by atoms with van der Waals surface area (Å²) in [5, 5.41) is 13.9. The number of rotatable bonds is 7. The Hall–Kier alpha value is -4.01.